The molecule has 1 atom stereocenters. The fraction of sp³-hybridized carbons (Fsp3) is 0.818. The zero-order valence-electron chi connectivity index (χ0n) is 18.6. The van der Waals surface area contributed by atoms with E-state index in [0.717, 1.165) is 12.8 Å². The first kappa shape index (κ1) is 27.5. The largest absolute Gasteiger partial charge is 0.373 e. The summed E-state index contributed by atoms with van der Waals surface area (Å²) in [5, 5.41) is 8.51. The van der Waals surface area contributed by atoms with Crippen molar-refractivity contribution < 1.29 is 23.9 Å². The highest BCUT2D eigenvalue weighted by Crippen LogP contribution is 2.52. The van der Waals surface area contributed by atoms with Gasteiger partial charge in [0.25, 0.3) is 0 Å². The van der Waals surface area contributed by atoms with E-state index in [1.54, 1.807) is 0 Å². The number of quaternary nitrogens is 1. The van der Waals surface area contributed by atoms with Crippen LogP contribution in [0.2, 0.25) is 0 Å². The molecule has 3 N–H and O–H groups in total. The lowest BCUT2D eigenvalue weighted by Crippen LogP contribution is -2.49. The first-order valence-electron chi connectivity index (χ1n) is 10.9. The van der Waals surface area contributed by atoms with Crippen LogP contribution in [0.25, 0.3) is 0 Å². The van der Waals surface area contributed by atoms with E-state index in [1.165, 1.54) is 51.4 Å². The summed E-state index contributed by atoms with van der Waals surface area (Å²) >= 11 is 0. The van der Waals surface area contributed by atoms with E-state index in [4.69, 9.17) is 0 Å². The van der Waals surface area contributed by atoms with E-state index in [9.17, 15) is 19.5 Å². The Labute approximate surface area is 173 Å². The van der Waals surface area contributed by atoms with Crippen molar-refractivity contribution in [3.8, 4) is 0 Å². The van der Waals surface area contributed by atoms with Gasteiger partial charge in [-0.25, -0.2) is 0 Å². The molecule has 0 aromatic carbocycles. The van der Waals surface area contributed by atoms with Crippen molar-refractivity contribution in [1.82, 2.24) is 0 Å². The van der Waals surface area contributed by atoms with Crippen molar-refractivity contribution >= 4 is 7.60 Å². The van der Waals surface area contributed by atoms with Crippen molar-refractivity contribution in [1.29, 1.82) is 0 Å². The van der Waals surface area contributed by atoms with E-state index in [-0.39, 0.29) is 13.0 Å². The van der Waals surface area contributed by atoms with Crippen LogP contribution in [0.5, 0.6) is 0 Å². The Balaban J connectivity index is 3.88. The van der Waals surface area contributed by atoms with Gasteiger partial charge in [0, 0.05) is 0 Å². The third-order valence-corrected chi connectivity index (χ3v) is 6.23. The second-order valence-electron chi connectivity index (χ2n) is 8.94. The molecule has 0 aromatic rings. The molecule has 0 bridgehead atoms. The van der Waals surface area contributed by atoms with Crippen LogP contribution in [0.3, 0.4) is 0 Å². The molecule has 0 aliphatic heterocycles. The smallest absolute Gasteiger partial charge is 0.362 e. The van der Waals surface area contributed by atoms with Crippen LogP contribution < -0.4 is 0 Å². The van der Waals surface area contributed by atoms with Gasteiger partial charge in [0.2, 0.25) is 5.34 Å². The van der Waals surface area contributed by atoms with E-state index < -0.39 is 12.9 Å². The maximum Gasteiger partial charge on any atom is 0.362 e. The van der Waals surface area contributed by atoms with E-state index in [0.29, 0.717) is 10.9 Å². The summed E-state index contributed by atoms with van der Waals surface area (Å²) in [7, 11) is 0.883. The molecule has 0 aromatic heterocycles. The van der Waals surface area contributed by atoms with Gasteiger partial charge in [-0.3, -0.25) is 4.57 Å². The number of likely N-dealkylation sites (N-methyl/N-ethyl adjacent to an activating group) is 1. The molecule has 0 aliphatic carbocycles. The van der Waals surface area contributed by atoms with Crippen molar-refractivity contribution in [2.75, 3.05) is 27.7 Å². The molecule has 0 amide bonds. The van der Waals surface area contributed by atoms with Gasteiger partial charge in [-0.05, 0) is 51.4 Å². The Hall–Kier alpha value is -0.450. The molecule has 0 saturated carbocycles. The molecule has 0 saturated heterocycles. The topological polar surface area (TPSA) is 77.8 Å². The molecule has 5 nitrogen and oxygen atoms in total. The van der Waals surface area contributed by atoms with Crippen LogP contribution in [0.15, 0.2) is 24.3 Å². The Morgan fingerprint density at radius 3 is 1.61 bits per heavy atom. The molecule has 6 heteroatoms. The predicted molar refractivity (Wildman–Crippen MR) is 119 cm³/mol. The zero-order chi connectivity index (χ0) is 21.5. The standard InChI is InChI=1S/C22H44NO4P/c1-5-6-7-8-9-10-11-12-13-14-15-16-17-18-19-20-22(24,28(25,26)27)21-23(2,3)4/h9-10,17-18,24H,5-8,11-16,19-21H2,1-4H3,(H-,25,26,27)/p+1/b10-9-,18-17-. The van der Waals surface area contributed by atoms with Crippen LogP contribution in [-0.4, -0.2) is 52.4 Å². The number of aliphatic hydroxyl groups is 1. The average Bonchev–Trinajstić information content (AvgIpc) is 2.56. The van der Waals surface area contributed by atoms with Crippen LogP contribution in [0, 0.1) is 0 Å². The second kappa shape index (κ2) is 14.5. The van der Waals surface area contributed by atoms with Crippen molar-refractivity contribution in [2.24, 2.45) is 0 Å². The van der Waals surface area contributed by atoms with Crippen molar-refractivity contribution in [3.63, 3.8) is 0 Å². The van der Waals surface area contributed by atoms with Crippen LogP contribution in [-0.2, 0) is 4.57 Å². The third kappa shape index (κ3) is 14.5. The number of hydrogen-bond donors (Lipinski definition) is 3. The molecule has 0 spiro atoms. The number of allylic oxidation sites excluding steroid dienone is 4. The molecule has 0 heterocycles. The van der Waals surface area contributed by atoms with E-state index in [1.807, 2.05) is 27.2 Å². The quantitative estimate of drug-likeness (QED) is 0.128. The van der Waals surface area contributed by atoms with E-state index in [2.05, 4.69) is 25.2 Å². The van der Waals surface area contributed by atoms with E-state index >= 15 is 0 Å². The minimum Gasteiger partial charge on any atom is -0.373 e. The van der Waals surface area contributed by atoms with Crippen molar-refractivity contribution in [2.45, 2.75) is 89.3 Å². The number of hydrogen-bond acceptors (Lipinski definition) is 2. The number of unbranched alkanes of at least 4 members (excludes halogenated alkanes) is 8. The molecular formula is C22H45NO4P+. The van der Waals surface area contributed by atoms with Gasteiger partial charge in [0.15, 0.2) is 0 Å². The molecule has 0 fully saturated rings. The molecular weight excluding hydrogens is 373 g/mol. The van der Waals surface area contributed by atoms with Crippen LogP contribution in [0.4, 0.5) is 0 Å². The minimum atomic E-state index is -4.57. The second-order valence-corrected chi connectivity index (χ2v) is 10.9. The highest BCUT2D eigenvalue weighted by Gasteiger charge is 2.48. The van der Waals surface area contributed by atoms with Gasteiger partial charge in [-0.15, -0.1) is 0 Å². The SMILES string of the molecule is CCCCC/C=C\CCCCCC/C=C\CCC(O)(C[N+](C)(C)C)P(=O)(O)O. The Bertz CT molecular complexity index is 493. The average molecular weight is 419 g/mol. The third-order valence-electron chi connectivity index (χ3n) is 4.78. The first-order chi connectivity index (χ1) is 13.0. The monoisotopic (exact) mass is 418 g/mol. The molecule has 166 valence electrons. The summed E-state index contributed by atoms with van der Waals surface area (Å²) in [6.45, 7) is 2.26. The van der Waals surface area contributed by atoms with Gasteiger partial charge in [-0.1, -0.05) is 56.9 Å². The van der Waals surface area contributed by atoms with Gasteiger partial charge < -0.3 is 19.4 Å². The van der Waals surface area contributed by atoms with Crippen LogP contribution >= 0.6 is 7.60 Å². The number of nitrogens with zero attached hydrogens (tertiary/aromatic N) is 1. The molecule has 0 rings (SSSR count). The Morgan fingerprint density at radius 2 is 1.21 bits per heavy atom. The minimum absolute atomic E-state index is 0.0260. The Morgan fingerprint density at radius 1 is 0.786 bits per heavy atom. The lowest BCUT2D eigenvalue weighted by atomic mass is 10.1. The fourth-order valence-electron chi connectivity index (χ4n) is 3.25. The van der Waals surface area contributed by atoms with Crippen molar-refractivity contribution in [3.05, 3.63) is 24.3 Å². The van der Waals surface area contributed by atoms with Gasteiger partial charge in [0.1, 0.15) is 6.54 Å². The van der Waals surface area contributed by atoms with Crippen LogP contribution in [0.1, 0.15) is 84.0 Å². The summed E-state index contributed by atoms with van der Waals surface area (Å²) in [6.07, 6.45) is 21.3. The summed E-state index contributed by atoms with van der Waals surface area (Å²) in [5.74, 6) is 0. The molecule has 1 unspecified atom stereocenters. The van der Waals surface area contributed by atoms with Gasteiger partial charge >= 0.3 is 7.60 Å². The lowest BCUT2D eigenvalue weighted by Gasteiger charge is -2.35. The molecule has 0 aliphatic rings. The first-order valence-corrected chi connectivity index (χ1v) is 12.5. The van der Waals surface area contributed by atoms with Gasteiger partial charge in [0.05, 0.1) is 21.1 Å². The Kier molecular flexibility index (Phi) is 14.3. The number of rotatable bonds is 17. The summed E-state index contributed by atoms with van der Waals surface area (Å²) < 4.78 is 12.0. The zero-order valence-corrected chi connectivity index (χ0v) is 19.5. The maximum absolute atomic E-state index is 11.7. The molecule has 28 heavy (non-hydrogen) atoms. The normalized spacial score (nSPS) is 15.5. The summed E-state index contributed by atoms with van der Waals surface area (Å²) in [4.78, 5) is 19.1. The highest BCUT2D eigenvalue weighted by atomic mass is 31.2. The summed E-state index contributed by atoms with van der Waals surface area (Å²) in [6, 6.07) is 0. The molecule has 0 radical (unpaired) electrons. The maximum atomic E-state index is 11.7. The summed E-state index contributed by atoms with van der Waals surface area (Å²) in [5.41, 5.74) is 0. The fourth-order valence-corrected chi connectivity index (χ4v) is 4.28. The highest BCUT2D eigenvalue weighted by molar-refractivity contribution is 7.53. The van der Waals surface area contributed by atoms with Gasteiger partial charge in [-0.2, -0.15) is 0 Å². The predicted octanol–water partition coefficient (Wildman–Crippen LogP) is 5.37. The lowest BCUT2D eigenvalue weighted by molar-refractivity contribution is -0.875.